The Bertz CT molecular complexity index is 3170. The number of benzene rings is 4. The van der Waals surface area contributed by atoms with Crippen LogP contribution in [0, 0.1) is 0 Å². The van der Waals surface area contributed by atoms with Gasteiger partial charge in [0.2, 0.25) is 0 Å². The largest absolute Gasteiger partial charge is 0.423 e. The first kappa shape index (κ1) is 45.4. The fourth-order valence-corrected chi connectivity index (χ4v) is 7.96. The van der Waals surface area contributed by atoms with Gasteiger partial charge < -0.3 is 57.8 Å². The highest BCUT2D eigenvalue weighted by Crippen LogP contribution is 2.58. The summed E-state index contributed by atoms with van der Waals surface area (Å²) < 4.78 is 45.3. The van der Waals surface area contributed by atoms with E-state index in [0.29, 0.717) is 32.6 Å². The number of aromatic amines is 4. The summed E-state index contributed by atoms with van der Waals surface area (Å²) >= 11 is 0. The van der Waals surface area contributed by atoms with Gasteiger partial charge >= 0.3 is 47.8 Å². The number of H-pyrrole nitrogens is 4. The Morgan fingerprint density at radius 2 is 0.632 bits per heavy atom. The van der Waals surface area contributed by atoms with Crippen LogP contribution in [0.15, 0.2) is 60.9 Å². The monoisotopic (exact) mass is 926 g/mol. The third-order valence-electron chi connectivity index (χ3n) is 10.0. The molecule has 346 valence electrons. The van der Waals surface area contributed by atoms with Crippen molar-refractivity contribution in [2.45, 2.75) is 55.4 Å². The van der Waals surface area contributed by atoms with Crippen LogP contribution >= 0.6 is 0 Å². The molecule has 0 spiro atoms. The van der Waals surface area contributed by atoms with E-state index in [0.717, 1.165) is 27.7 Å². The fourth-order valence-electron chi connectivity index (χ4n) is 7.96. The summed E-state index contributed by atoms with van der Waals surface area (Å²) in [4.78, 5) is 114. The van der Waals surface area contributed by atoms with Gasteiger partial charge in [0, 0.05) is 124 Å². The zero-order valence-corrected chi connectivity index (χ0v) is 37.3. The number of rotatable bonds is 11. The van der Waals surface area contributed by atoms with Gasteiger partial charge in [0.05, 0.1) is 33.5 Å². The molecule has 0 aliphatic rings. The molecule has 20 heteroatoms. The minimum atomic E-state index is -0.857. The molecule has 0 radical (unpaired) electrons. The molecule has 8 aromatic rings. The van der Waals surface area contributed by atoms with Crippen LogP contribution in [-0.2, 0) is 38.4 Å². The summed E-state index contributed by atoms with van der Waals surface area (Å²) in [7, 11) is 0. The zero-order chi connectivity index (χ0) is 48.9. The molecule has 0 bridgehead atoms. The van der Waals surface area contributed by atoms with Crippen molar-refractivity contribution in [3.8, 4) is 79.6 Å². The zero-order valence-electron chi connectivity index (χ0n) is 37.3. The summed E-state index contributed by atoms with van der Waals surface area (Å²) in [5, 5.41) is 1.53. The Labute approximate surface area is 382 Å². The number of aromatic nitrogens is 4. The molecule has 8 rings (SSSR count). The van der Waals surface area contributed by atoms with E-state index in [4.69, 9.17) is 37.9 Å². The van der Waals surface area contributed by atoms with Gasteiger partial charge in [0.25, 0.3) is 0 Å². The van der Waals surface area contributed by atoms with E-state index in [1.165, 1.54) is 52.0 Å². The molecule has 0 fully saturated rings. The average molecular weight is 927 g/mol. The highest BCUT2D eigenvalue weighted by Gasteiger charge is 2.35. The summed E-state index contributed by atoms with van der Waals surface area (Å²) in [5.41, 5.74) is 2.29. The van der Waals surface area contributed by atoms with Crippen molar-refractivity contribution in [2.24, 2.45) is 0 Å². The van der Waals surface area contributed by atoms with Crippen LogP contribution in [0.5, 0.6) is 46.0 Å². The SMILES string of the molecule is CC(=O)Oc1cc2cc(-c3c(OC(C)=O)c(OC(C)=O)c(-c4c(OC(C)=O)c(OC(C)=O)c(-c5cc6cc(OC(C)=O)c(OC(C)=O)cc6[nH]5)c5[nH]ccc45)c4cc[nH]c34)[nH]c2cc1OC(C)=O. The van der Waals surface area contributed by atoms with E-state index in [1.807, 2.05) is 0 Å². The summed E-state index contributed by atoms with van der Waals surface area (Å²) in [6.07, 6.45) is 3.12. The highest BCUT2D eigenvalue weighted by molar-refractivity contribution is 6.19. The van der Waals surface area contributed by atoms with Crippen LogP contribution < -0.4 is 37.9 Å². The molecule has 68 heavy (non-hydrogen) atoms. The molecule has 0 amide bonds. The van der Waals surface area contributed by atoms with Crippen molar-refractivity contribution in [1.82, 2.24) is 19.9 Å². The van der Waals surface area contributed by atoms with E-state index >= 15 is 0 Å². The lowest BCUT2D eigenvalue weighted by Gasteiger charge is -2.23. The molecule has 0 aliphatic heterocycles. The second-order valence-corrected chi connectivity index (χ2v) is 15.2. The molecule has 0 unspecified atom stereocenters. The number of hydrogen-bond donors (Lipinski definition) is 4. The molecule has 0 saturated carbocycles. The second-order valence-electron chi connectivity index (χ2n) is 15.2. The minimum absolute atomic E-state index is 0.0383. The van der Waals surface area contributed by atoms with E-state index in [-0.39, 0.29) is 90.7 Å². The molecule has 0 aliphatic carbocycles. The van der Waals surface area contributed by atoms with Crippen molar-refractivity contribution >= 4 is 91.4 Å². The van der Waals surface area contributed by atoms with Crippen LogP contribution in [0.3, 0.4) is 0 Å². The number of hydrogen-bond acceptors (Lipinski definition) is 16. The number of carbonyl (C=O) groups excluding carboxylic acids is 8. The molecule has 20 nitrogen and oxygen atoms in total. The molecule has 4 N–H and O–H groups in total. The maximum absolute atomic E-state index is 13.2. The Hall–Kier alpha value is -9.20. The number of carbonyl (C=O) groups is 8. The van der Waals surface area contributed by atoms with E-state index < -0.39 is 47.8 Å². The van der Waals surface area contributed by atoms with Gasteiger partial charge in [-0.3, -0.25) is 38.4 Å². The van der Waals surface area contributed by atoms with Crippen LogP contribution in [0.1, 0.15) is 55.4 Å². The molecule has 0 atom stereocenters. The molecule has 0 saturated heterocycles. The fraction of sp³-hybridized carbons (Fsp3) is 0.167. The van der Waals surface area contributed by atoms with Crippen LogP contribution in [-0.4, -0.2) is 67.7 Å². The van der Waals surface area contributed by atoms with Crippen molar-refractivity contribution in [2.75, 3.05) is 0 Å². The summed E-state index contributed by atoms with van der Waals surface area (Å²) in [6.45, 7) is 9.24. The Kier molecular flexibility index (Phi) is 11.8. The Morgan fingerprint density at radius 1 is 0.353 bits per heavy atom. The summed E-state index contributed by atoms with van der Waals surface area (Å²) in [6, 6.07) is 12.3. The molecule has 4 aromatic heterocycles. The lowest BCUT2D eigenvalue weighted by atomic mass is 9.90. The number of nitrogens with one attached hydrogen (secondary N) is 4. The predicted octanol–water partition coefficient (Wildman–Crippen LogP) is 8.02. The quantitative estimate of drug-likeness (QED) is 0.0706. The second kappa shape index (κ2) is 17.6. The Balaban J connectivity index is 1.48. The smallest absolute Gasteiger partial charge is 0.308 e. The van der Waals surface area contributed by atoms with E-state index in [9.17, 15) is 38.4 Å². The molecule has 4 aromatic carbocycles. The van der Waals surface area contributed by atoms with Gasteiger partial charge in [0.1, 0.15) is 0 Å². The molecular formula is C48H38N4O16. The van der Waals surface area contributed by atoms with Crippen molar-refractivity contribution in [3.63, 3.8) is 0 Å². The number of fused-ring (bicyclic) bond motifs is 4. The van der Waals surface area contributed by atoms with Gasteiger partial charge in [-0.15, -0.1) is 0 Å². The lowest BCUT2D eigenvalue weighted by Crippen LogP contribution is -2.12. The maximum atomic E-state index is 13.2. The first-order chi connectivity index (χ1) is 32.3. The van der Waals surface area contributed by atoms with Crippen molar-refractivity contribution in [3.05, 3.63) is 60.9 Å². The number of ether oxygens (including phenoxy) is 8. The van der Waals surface area contributed by atoms with Gasteiger partial charge in [-0.05, 0) is 36.4 Å². The lowest BCUT2D eigenvalue weighted by molar-refractivity contribution is -0.134. The molecular weight excluding hydrogens is 889 g/mol. The summed E-state index contributed by atoms with van der Waals surface area (Å²) in [5.74, 6) is -7.59. The van der Waals surface area contributed by atoms with Crippen LogP contribution in [0.2, 0.25) is 0 Å². The first-order valence-electron chi connectivity index (χ1n) is 20.4. The van der Waals surface area contributed by atoms with Crippen LogP contribution in [0.25, 0.3) is 77.3 Å². The van der Waals surface area contributed by atoms with Crippen molar-refractivity contribution in [1.29, 1.82) is 0 Å². The standard InChI is InChI=1S/C48H38N4O16/c1-19(53)61-35-15-27-13-33(51-31(27)17-37(35)63-21(3)55)41-43-29(9-11-49-43)39(45(65-23(5)57)47(41)67-25(7)59)40-30-10-12-50-44(30)42(48(68-26(8)60)46(40)66-24(6)58)34-14-28-16-36(62-20(2)54)38(64-22(4)56)18-32(28)52-34/h9-18,49-52H,1-8H3. The van der Waals surface area contributed by atoms with Gasteiger partial charge in [-0.2, -0.15) is 0 Å². The highest BCUT2D eigenvalue weighted by atomic mass is 16.6. The topological polar surface area (TPSA) is 274 Å². The molecule has 4 heterocycles. The van der Waals surface area contributed by atoms with E-state index in [2.05, 4.69) is 19.9 Å². The van der Waals surface area contributed by atoms with Gasteiger partial charge in [-0.1, -0.05) is 0 Å². The Morgan fingerprint density at radius 3 is 0.926 bits per heavy atom. The normalized spacial score (nSPS) is 11.1. The van der Waals surface area contributed by atoms with Crippen LogP contribution in [0.4, 0.5) is 0 Å². The third kappa shape index (κ3) is 8.67. The van der Waals surface area contributed by atoms with Gasteiger partial charge in [-0.25, -0.2) is 0 Å². The van der Waals surface area contributed by atoms with Crippen molar-refractivity contribution < 1.29 is 76.3 Å². The maximum Gasteiger partial charge on any atom is 0.308 e. The average Bonchev–Trinajstić information content (AvgIpc) is 4.04. The first-order valence-corrected chi connectivity index (χ1v) is 20.4. The minimum Gasteiger partial charge on any atom is -0.423 e. The van der Waals surface area contributed by atoms with Gasteiger partial charge in [0.15, 0.2) is 46.0 Å². The third-order valence-corrected chi connectivity index (χ3v) is 10.0. The van der Waals surface area contributed by atoms with E-state index in [1.54, 1.807) is 36.7 Å². The predicted molar refractivity (Wildman–Crippen MR) is 241 cm³/mol. The number of esters is 8.